The van der Waals surface area contributed by atoms with Gasteiger partial charge in [0.25, 0.3) is 0 Å². The van der Waals surface area contributed by atoms with Gasteiger partial charge in [-0.2, -0.15) is 13.2 Å². The lowest BCUT2D eigenvalue weighted by atomic mass is 10.0. The Labute approximate surface area is 195 Å². The number of hydrogen-bond acceptors (Lipinski definition) is 7. The third-order valence-corrected chi connectivity index (χ3v) is 4.95. The van der Waals surface area contributed by atoms with E-state index in [1.807, 2.05) is 0 Å². The Morgan fingerprint density at radius 1 is 1.06 bits per heavy atom. The van der Waals surface area contributed by atoms with Gasteiger partial charge in [-0.25, -0.2) is 29.1 Å². The first-order chi connectivity index (χ1) is 16.6. The number of anilines is 1. The Balaban J connectivity index is 1.65. The van der Waals surface area contributed by atoms with Gasteiger partial charge in [0, 0.05) is 29.5 Å². The molecule has 0 aliphatic carbocycles. The van der Waals surface area contributed by atoms with E-state index in [1.54, 1.807) is 31.2 Å². The van der Waals surface area contributed by atoms with Crippen molar-refractivity contribution in [2.24, 2.45) is 0 Å². The lowest BCUT2D eigenvalue weighted by molar-refractivity contribution is -0.145. The zero-order chi connectivity index (χ0) is 25.2. The van der Waals surface area contributed by atoms with Crippen LogP contribution in [0.3, 0.4) is 0 Å². The van der Waals surface area contributed by atoms with E-state index in [-0.39, 0.29) is 11.7 Å². The summed E-state index contributed by atoms with van der Waals surface area (Å²) >= 11 is 0. The Hall–Kier alpha value is -4.35. The predicted octanol–water partition coefficient (Wildman–Crippen LogP) is 4.88. The molecule has 0 spiro atoms. The number of aromatic nitrogens is 4. The molecule has 4 aromatic rings. The minimum atomic E-state index is -4.64. The van der Waals surface area contributed by atoms with E-state index in [4.69, 9.17) is 9.84 Å². The smallest absolute Gasteiger partial charge is 0.451 e. The SMILES string of the molecule is C[C@@H](Nc1ncc2cc(-c3ccc(F)cc3)cc(OCC(=O)O)c2n1)c1cnc(C(F)(F)F)nc1. The highest BCUT2D eigenvalue weighted by atomic mass is 19.4. The molecular weight excluding hydrogens is 470 g/mol. The molecule has 12 heteroatoms. The number of fused-ring (bicyclic) bond motifs is 1. The molecule has 0 saturated carbocycles. The molecule has 2 aromatic carbocycles. The number of hydrogen-bond donors (Lipinski definition) is 2. The minimum absolute atomic E-state index is 0.125. The maximum Gasteiger partial charge on any atom is 0.451 e. The summed E-state index contributed by atoms with van der Waals surface area (Å²) in [4.78, 5) is 26.4. The van der Waals surface area contributed by atoms with Gasteiger partial charge >= 0.3 is 12.1 Å². The van der Waals surface area contributed by atoms with Gasteiger partial charge < -0.3 is 15.2 Å². The molecule has 2 N–H and O–H groups in total. The summed E-state index contributed by atoms with van der Waals surface area (Å²) in [7, 11) is 0. The number of aliphatic carboxylic acids is 1. The van der Waals surface area contributed by atoms with E-state index in [2.05, 4.69) is 25.3 Å². The van der Waals surface area contributed by atoms with Crippen molar-refractivity contribution in [3.8, 4) is 16.9 Å². The fourth-order valence-corrected chi connectivity index (χ4v) is 3.23. The van der Waals surface area contributed by atoms with E-state index < -0.39 is 36.4 Å². The van der Waals surface area contributed by atoms with Crippen LogP contribution in [-0.2, 0) is 11.0 Å². The third kappa shape index (κ3) is 5.60. The van der Waals surface area contributed by atoms with E-state index in [0.29, 0.717) is 27.6 Å². The molecule has 0 saturated heterocycles. The van der Waals surface area contributed by atoms with Crippen molar-refractivity contribution in [1.29, 1.82) is 0 Å². The molecule has 0 radical (unpaired) electrons. The molecule has 2 heterocycles. The van der Waals surface area contributed by atoms with Gasteiger partial charge in [-0.15, -0.1) is 0 Å². The Morgan fingerprint density at radius 3 is 2.37 bits per heavy atom. The number of rotatable bonds is 7. The highest BCUT2D eigenvalue weighted by Crippen LogP contribution is 2.32. The van der Waals surface area contributed by atoms with Gasteiger partial charge in [0.1, 0.15) is 17.1 Å². The molecule has 1 atom stereocenters. The summed E-state index contributed by atoms with van der Waals surface area (Å²) in [5, 5.41) is 12.5. The Kier molecular flexibility index (Phi) is 6.45. The average Bonchev–Trinajstić information content (AvgIpc) is 2.82. The van der Waals surface area contributed by atoms with Crippen molar-refractivity contribution in [3.05, 3.63) is 72.2 Å². The molecular formula is C23H17F4N5O3. The molecule has 0 unspecified atom stereocenters. The summed E-state index contributed by atoms with van der Waals surface area (Å²) in [6.45, 7) is 1.05. The maximum absolute atomic E-state index is 13.3. The lowest BCUT2D eigenvalue weighted by Crippen LogP contribution is -2.14. The van der Waals surface area contributed by atoms with E-state index in [9.17, 15) is 22.4 Å². The number of carboxylic acid groups (broad SMARTS) is 1. The standard InChI is InChI=1S/C23H17F4N5O3/c1-12(16-9-28-21(29-10-16)23(25,26)27)31-22-30-8-15-6-14(13-2-4-17(24)5-3-13)7-18(20(15)32-22)35-11-19(33)34/h2-10,12H,11H2,1H3,(H,33,34)(H,30,31,32)/t12-/m1/s1. The van der Waals surface area contributed by atoms with Crippen LogP contribution in [0.4, 0.5) is 23.5 Å². The van der Waals surface area contributed by atoms with Gasteiger partial charge in [-0.3, -0.25) is 0 Å². The highest BCUT2D eigenvalue weighted by molar-refractivity contribution is 5.90. The summed E-state index contributed by atoms with van der Waals surface area (Å²) in [5.41, 5.74) is 1.99. The van der Waals surface area contributed by atoms with E-state index >= 15 is 0 Å². The lowest BCUT2D eigenvalue weighted by Gasteiger charge is -2.16. The number of carbonyl (C=O) groups is 1. The number of halogens is 4. The summed E-state index contributed by atoms with van der Waals surface area (Å²) in [6, 6.07) is 8.52. The first-order valence-corrected chi connectivity index (χ1v) is 10.2. The van der Waals surface area contributed by atoms with E-state index in [1.165, 1.54) is 18.3 Å². The van der Waals surface area contributed by atoms with E-state index in [0.717, 1.165) is 12.4 Å². The number of carboxylic acids is 1. The summed E-state index contributed by atoms with van der Waals surface area (Å²) in [5.74, 6) is -2.54. The van der Waals surface area contributed by atoms with Crippen LogP contribution in [-0.4, -0.2) is 37.6 Å². The number of ether oxygens (including phenoxy) is 1. The van der Waals surface area contributed by atoms with Crippen LogP contribution in [0.25, 0.3) is 22.0 Å². The Bertz CT molecular complexity index is 1360. The van der Waals surface area contributed by atoms with Crippen LogP contribution in [0.5, 0.6) is 5.75 Å². The van der Waals surface area contributed by atoms with Gasteiger partial charge in [0.2, 0.25) is 11.8 Å². The van der Waals surface area contributed by atoms with Crippen molar-refractivity contribution in [3.63, 3.8) is 0 Å². The monoisotopic (exact) mass is 487 g/mol. The van der Waals surface area contributed by atoms with Crippen molar-refractivity contribution < 1.29 is 32.2 Å². The summed E-state index contributed by atoms with van der Waals surface area (Å²) < 4.78 is 56.8. The van der Waals surface area contributed by atoms with Crippen LogP contribution in [0.2, 0.25) is 0 Å². The van der Waals surface area contributed by atoms with Gasteiger partial charge in [0.05, 0.1) is 6.04 Å². The summed E-state index contributed by atoms with van der Waals surface area (Å²) in [6.07, 6.45) is -1.03. The normalized spacial score (nSPS) is 12.4. The Morgan fingerprint density at radius 2 is 1.74 bits per heavy atom. The average molecular weight is 487 g/mol. The maximum atomic E-state index is 13.3. The second kappa shape index (κ2) is 9.49. The van der Waals surface area contributed by atoms with Crippen molar-refractivity contribution in [1.82, 2.24) is 19.9 Å². The van der Waals surface area contributed by atoms with Crippen molar-refractivity contribution >= 4 is 22.8 Å². The quantitative estimate of drug-likeness (QED) is 0.355. The van der Waals surface area contributed by atoms with Crippen molar-refractivity contribution in [2.45, 2.75) is 19.1 Å². The van der Waals surface area contributed by atoms with Gasteiger partial charge in [0.15, 0.2) is 6.61 Å². The fourth-order valence-electron chi connectivity index (χ4n) is 3.23. The second-order valence-electron chi connectivity index (χ2n) is 7.50. The molecule has 0 aliphatic heterocycles. The number of nitrogens with zero attached hydrogens (tertiary/aromatic N) is 4. The first-order valence-electron chi connectivity index (χ1n) is 10.2. The van der Waals surface area contributed by atoms with Crippen LogP contribution in [0, 0.1) is 5.82 Å². The zero-order valence-corrected chi connectivity index (χ0v) is 18.0. The molecule has 0 bridgehead atoms. The molecule has 0 amide bonds. The van der Waals surface area contributed by atoms with Crippen LogP contribution < -0.4 is 10.1 Å². The first kappa shape index (κ1) is 23.8. The molecule has 0 aliphatic rings. The third-order valence-electron chi connectivity index (χ3n) is 4.95. The number of benzene rings is 2. The number of alkyl halides is 3. The highest BCUT2D eigenvalue weighted by Gasteiger charge is 2.34. The molecule has 180 valence electrons. The zero-order valence-electron chi connectivity index (χ0n) is 18.0. The topological polar surface area (TPSA) is 110 Å². The second-order valence-corrected chi connectivity index (χ2v) is 7.50. The molecule has 8 nitrogen and oxygen atoms in total. The molecule has 35 heavy (non-hydrogen) atoms. The van der Waals surface area contributed by atoms with Crippen LogP contribution in [0.1, 0.15) is 24.4 Å². The minimum Gasteiger partial charge on any atom is -0.480 e. The predicted molar refractivity (Wildman–Crippen MR) is 117 cm³/mol. The molecule has 0 fully saturated rings. The van der Waals surface area contributed by atoms with Crippen molar-refractivity contribution in [2.75, 3.05) is 11.9 Å². The van der Waals surface area contributed by atoms with Gasteiger partial charge in [-0.05, 0) is 42.3 Å². The molecule has 2 aromatic heterocycles. The van der Waals surface area contributed by atoms with Crippen LogP contribution in [0.15, 0.2) is 55.0 Å². The van der Waals surface area contributed by atoms with Crippen LogP contribution >= 0.6 is 0 Å². The largest absolute Gasteiger partial charge is 0.480 e. The fraction of sp³-hybridized carbons (Fsp3) is 0.174. The number of nitrogens with one attached hydrogen (secondary N) is 1. The van der Waals surface area contributed by atoms with Gasteiger partial charge in [-0.1, -0.05) is 12.1 Å². The molecule has 4 rings (SSSR count).